The maximum atomic E-state index is 4.77. The van der Waals surface area contributed by atoms with Crippen molar-refractivity contribution < 1.29 is 0 Å². The summed E-state index contributed by atoms with van der Waals surface area (Å²) in [5.74, 6) is 1.77. The molecule has 26 heavy (non-hydrogen) atoms. The van der Waals surface area contributed by atoms with Crippen molar-refractivity contribution in [2.75, 3.05) is 0 Å². The minimum atomic E-state index is 0.844. The van der Waals surface area contributed by atoms with Crippen molar-refractivity contribution >= 4 is 22.8 Å². The molecule has 0 spiro atoms. The molecule has 0 radical (unpaired) electrons. The van der Waals surface area contributed by atoms with Crippen molar-refractivity contribution in [3.63, 3.8) is 0 Å². The van der Waals surface area contributed by atoms with Gasteiger partial charge in [-0.25, -0.2) is 4.98 Å². The molecule has 0 saturated carbocycles. The number of thioether (sulfide) groups is 1. The van der Waals surface area contributed by atoms with Gasteiger partial charge < -0.3 is 4.98 Å². The Balaban J connectivity index is 1.66. The normalized spacial score (nSPS) is 11.3. The number of nitrogens with zero attached hydrogens (tertiary/aromatic N) is 2. The molecule has 2 aromatic carbocycles. The van der Waals surface area contributed by atoms with Gasteiger partial charge in [0.25, 0.3) is 0 Å². The number of H-pyrrole nitrogens is 2. The highest BCUT2D eigenvalue weighted by Crippen LogP contribution is 2.32. The van der Waals surface area contributed by atoms with Crippen LogP contribution in [-0.4, -0.2) is 20.2 Å². The fraction of sp³-hybridized carbons (Fsp3) is 0.238. The monoisotopic (exact) mass is 362 g/mol. The molecule has 132 valence electrons. The van der Waals surface area contributed by atoms with Gasteiger partial charge in [-0.05, 0) is 36.6 Å². The predicted octanol–water partition coefficient (Wildman–Crippen LogP) is 5.51. The first-order valence-electron chi connectivity index (χ1n) is 8.95. The Labute approximate surface area is 157 Å². The Morgan fingerprint density at radius 2 is 1.92 bits per heavy atom. The second-order valence-corrected chi connectivity index (χ2v) is 7.50. The number of rotatable bonds is 6. The summed E-state index contributed by atoms with van der Waals surface area (Å²) in [5.41, 5.74) is 6.76. The average molecular weight is 363 g/mol. The second kappa shape index (κ2) is 7.38. The molecule has 0 amide bonds. The minimum absolute atomic E-state index is 0.844. The van der Waals surface area contributed by atoms with E-state index in [9.17, 15) is 0 Å². The first-order valence-corrected chi connectivity index (χ1v) is 9.94. The largest absolute Gasteiger partial charge is 0.337 e. The van der Waals surface area contributed by atoms with Gasteiger partial charge in [0.2, 0.25) is 0 Å². The molecule has 0 bridgehead atoms. The topological polar surface area (TPSA) is 57.4 Å². The van der Waals surface area contributed by atoms with Crippen LogP contribution in [0.3, 0.4) is 0 Å². The first kappa shape index (κ1) is 16.9. The van der Waals surface area contributed by atoms with Crippen LogP contribution in [0, 0.1) is 6.92 Å². The van der Waals surface area contributed by atoms with E-state index >= 15 is 0 Å². The minimum Gasteiger partial charge on any atom is -0.337 e. The van der Waals surface area contributed by atoms with Crippen LogP contribution < -0.4 is 0 Å². The van der Waals surface area contributed by atoms with E-state index in [1.807, 2.05) is 6.07 Å². The Hall–Kier alpha value is -2.53. The van der Waals surface area contributed by atoms with Crippen LogP contribution in [-0.2, 0) is 12.2 Å². The number of hydrogen-bond donors (Lipinski definition) is 2. The molecule has 0 aliphatic carbocycles. The van der Waals surface area contributed by atoms with Gasteiger partial charge in [0.1, 0.15) is 5.69 Å². The third-order valence-electron chi connectivity index (χ3n) is 4.42. The van der Waals surface area contributed by atoms with Crippen LogP contribution in [0.15, 0.2) is 53.6 Å². The lowest BCUT2D eigenvalue weighted by molar-refractivity contribution is 0.892. The van der Waals surface area contributed by atoms with Crippen LogP contribution in [0.5, 0.6) is 0 Å². The summed E-state index contributed by atoms with van der Waals surface area (Å²) in [5, 5.41) is 8.97. The molecule has 4 nitrogen and oxygen atoms in total. The fourth-order valence-corrected chi connectivity index (χ4v) is 4.09. The van der Waals surface area contributed by atoms with E-state index in [0.717, 1.165) is 46.2 Å². The van der Waals surface area contributed by atoms with E-state index < -0.39 is 0 Å². The number of aromatic amines is 2. The highest BCUT2D eigenvalue weighted by molar-refractivity contribution is 7.98. The zero-order chi connectivity index (χ0) is 17.9. The van der Waals surface area contributed by atoms with Gasteiger partial charge in [0, 0.05) is 11.3 Å². The lowest BCUT2D eigenvalue weighted by atomic mass is 10.1. The smallest absolute Gasteiger partial charge is 0.159 e. The van der Waals surface area contributed by atoms with E-state index in [1.165, 1.54) is 16.7 Å². The summed E-state index contributed by atoms with van der Waals surface area (Å²) in [4.78, 5) is 8.19. The molecule has 4 rings (SSSR count). The Bertz CT molecular complexity index is 1020. The van der Waals surface area contributed by atoms with Gasteiger partial charge in [0.05, 0.1) is 16.1 Å². The van der Waals surface area contributed by atoms with Gasteiger partial charge in [-0.1, -0.05) is 49.7 Å². The number of fused-ring (bicyclic) bond motifs is 1. The third kappa shape index (κ3) is 3.40. The predicted molar refractivity (Wildman–Crippen MR) is 108 cm³/mol. The van der Waals surface area contributed by atoms with E-state index in [1.54, 1.807) is 11.8 Å². The molecular formula is C21H22N4S. The van der Waals surface area contributed by atoms with E-state index in [2.05, 4.69) is 71.5 Å². The zero-order valence-corrected chi connectivity index (χ0v) is 15.9. The molecule has 2 heterocycles. The summed E-state index contributed by atoms with van der Waals surface area (Å²) in [7, 11) is 0. The van der Waals surface area contributed by atoms with Crippen molar-refractivity contribution in [2.45, 2.75) is 37.5 Å². The Morgan fingerprint density at radius 3 is 2.73 bits per heavy atom. The number of benzene rings is 2. The fourth-order valence-electron chi connectivity index (χ4n) is 3.10. The number of aryl methyl sites for hydroxylation is 1. The number of hydrogen-bond acceptors (Lipinski definition) is 3. The molecule has 0 unspecified atom stereocenters. The lowest BCUT2D eigenvalue weighted by Crippen LogP contribution is -1.90. The molecule has 0 aliphatic rings. The van der Waals surface area contributed by atoms with Crippen LogP contribution in [0.4, 0.5) is 0 Å². The zero-order valence-electron chi connectivity index (χ0n) is 15.0. The molecule has 0 saturated heterocycles. The molecule has 2 aromatic heterocycles. The van der Waals surface area contributed by atoms with Crippen molar-refractivity contribution in [1.82, 2.24) is 20.2 Å². The summed E-state index contributed by atoms with van der Waals surface area (Å²) >= 11 is 1.81. The van der Waals surface area contributed by atoms with Crippen molar-refractivity contribution in [2.24, 2.45) is 0 Å². The SMILES string of the molecule is CCCc1c(-c2nc3cc(C)ccc3[nH]2)n[nH]c1SCc1ccccc1. The Morgan fingerprint density at radius 1 is 1.08 bits per heavy atom. The van der Waals surface area contributed by atoms with Crippen LogP contribution >= 0.6 is 11.8 Å². The maximum absolute atomic E-state index is 4.77. The molecule has 0 atom stereocenters. The highest BCUT2D eigenvalue weighted by atomic mass is 32.2. The summed E-state index contributed by atoms with van der Waals surface area (Å²) in [6.07, 6.45) is 2.06. The van der Waals surface area contributed by atoms with Gasteiger partial charge in [0.15, 0.2) is 5.82 Å². The summed E-state index contributed by atoms with van der Waals surface area (Å²) in [6.45, 7) is 4.29. The number of aromatic nitrogens is 4. The van der Waals surface area contributed by atoms with Crippen LogP contribution in [0.1, 0.15) is 30.0 Å². The van der Waals surface area contributed by atoms with Crippen molar-refractivity contribution in [1.29, 1.82) is 0 Å². The van der Waals surface area contributed by atoms with E-state index in [4.69, 9.17) is 4.98 Å². The van der Waals surface area contributed by atoms with Crippen LogP contribution in [0.2, 0.25) is 0 Å². The molecule has 2 N–H and O–H groups in total. The third-order valence-corrected chi connectivity index (χ3v) is 5.52. The Kier molecular flexibility index (Phi) is 4.80. The average Bonchev–Trinajstić information content (AvgIpc) is 3.24. The first-order chi connectivity index (χ1) is 12.7. The van der Waals surface area contributed by atoms with Gasteiger partial charge >= 0.3 is 0 Å². The van der Waals surface area contributed by atoms with Crippen molar-refractivity contribution in [3.05, 3.63) is 65.2 Å². The molecule has 0 aliphatic heterocycles. The van der Waals surface area contributed by atoms with Gasteiger partial charge in [-0.15, -0.1) is 11.8 Å². The van der Waals surface area contributed by atoms with Crippen molar-refractivity contribution in [3.8, 4) is 11.5 Å². The second-order valence-electron chi connectivity index (χ2n) is 6.51. The van der Waals surface area contributed by atoms with Crippen LogP contribution in [0.25, 0.3) is 22.6 Å². The highest BCUT2D eigenvalue weighted by Gasteiger charge is 2.17. The van der Waals surface area contributed by atoms with E-state index in [0.29, 0.717) is 0 Å². The molecule has 5 heteroatoms. The number of nitrogens with one attached hydrogen (secondary N) is 2. The van der Waals surface area contributed by atoms with Gasteiger partial charge in [-0.2, -0.15) is 5.10 Å². The van der Waals surface area contributed by atoms with E-state index in [-0.39, 0.29) is 0 Å². The quantitative estimate of drug-likeness (QED) is 0.445. The lowest BCUT2D eigenvalue weighted by Gasteiger charge is -2.04. The standard InChI is InChI=1S/C21H22N4S/c1-3-7-16-19(20-22-17-11-10-14(2)12-18(17)23-20)24-25-21(16)26-13-15-8-5-4-6-9-15/h4-6,8-12H,3,7,13H2,1-2H3,(H,22,23)(H,24,25). The number of imidazole rings is 1. The summed E-state index contributed by atoms with van der Waals surface area (Å²) in [6, 6.07) is 16.8. The summed E-state index contributed by atoms with van der Waals surface area (Å²) < 4.78 is 0. The molecule has 0 fully saturated rings. The molecule has 4 aromatic rings. The van der Waals surface area contributed by atoms with Gasteiger partial charge in [-0.3, -0.25) is 5.10 Å². The molecular weight excluding hydrogens is 340 g/mol. The maximum Gasteiger partial charge on any atom is 0.159 e.